The summed E-state index contributed by atoms with van der Waals surface area (Å²) in [4.78, 5) is 28.0. The van der Waals surface area contributed by atoms with Crippen molar-refractivity contribution in [2.24, 2.45) is 17.8 Å². The van der Waals surface area contributed by atoms with Gasteiger partial charge in [-0.05, 0) is 84.4 Å². The first-order valence-corrected chi connectivity index (χ1v) is 20.7. The van der Waals surface area contributed by atoms with Crippen LogP contribution < -0.4 is 0 Å². The monoisotopic (exact) mass is 820 g/mol. The van der Waals surface area contributed by atoms with E-state index in [2.05, 4.69) is 10.3 Å². The molecule has 2 aliphatic rings. The summed E-state index contributed by atoms with van der Waals surface area (Å²) in [5.41, 5.74) is -0.203. The second-order valence-electron chi connectivity index (χ2n) is 17.3. The Morgan fingerprint density at radius 1 is 1.10 bits per heavy atom. The molecule has 0 saturated carbocycles. The molecule has 328 valence electrons. The molecular formula is C41H68N6O11. The van der Waals surface area contributed by atoms with Gasteiger partial charge >= 0.3 is 5.97 Å². The number of esters is 1. The number of ether oxygens (including phenoxy) is 3. The van der Waals surface area contributed by atoms with Crippen molar-refractivity contribution in [2.45, 2.75) is 154 Å². The first kappa shape index (κ1) is 47.5. The Kier molecular flexibility index (Phi) is 17.1. The van der Waals surface area contributed by atoms with E-state index in [9.17, 15) is 40.4 Å². The van der Waals surface area contributed by atoms with Crippen LogP contribution in [0.5, 0.6) is 0 Å². The fourth-order valence-corrected chi connectivity index (χ4v) is 8.53. The van der Waals surface area contributed by atoms with Crippen LogP contribution in [0.25, 0.3) is 0 Å². The second-order valence-corrected chi connectivity index (χ2v) is 17.3. The summed E-state index contributed by atoms with van der Waals surface area (Å²) < 4.78 is 20.2. The summed E-state index contributed by atoms with van der Waals surface area (Å²) >= 11 is 0. The van der Waals surface area contributed by atoms with Crippen LogP contribution in [0.4, 0.5) is 5.69 Å². The number of non-ortho nitro benzene ring substituents is 1. The van der Waals surface area contributed by atoms with E-state index in [1.54, 1.807) is 36.9 Å². The maximum Gasteiger partial charge on any atom is 0.309 e. The van der Waals surface area contributed by atoms with Crippen molar-refractivity contribution in [3.8, 4) is 0 Å². The van der Waals surface area contributed by atoms with Crippen molar-refractivity contribution in [2.75, 3.05) is 33.8 Å². The van der Waals surface area contributed by atoms with Gasteiger partial charge in [-0.2, -0.15) is 0 Å². The van der Waals surface area contributed by atoms with Crippen LogP contribution in [-0.2, 0) is 31.8 Å². The largest absolute Gasteiger partial charge is 0.459 e. The number of nitrogens with zero attached hydrogens (tertiary/aromatic N) is 6. The third-order valence-electron chi connectivity index (χ3n) is 12.3. The Morgan fingerprint density at radius 2 is 1.78 bits per heavy atom. The first-order valence-electron chi connectivity index (χ1n) is 20.7. The number of aliphatic hydroxyl groups excluding tert-OH is 4. The molecule has 1 aromatic heterocycles. The minimum Gasteiger partial charge on any atom is -0.459 e. The highest BCUT2D eigenvalue weighted by molar-refractivity contribution is 5.72. The van der Waals surface area contributed by atoms with Crippen LogP contribution in [0, 0.1) is 27.9 Å². The number of rotatable bonds is 12. The number of hydrogen-bond donors (Lipinski definition) is 5. The zero-order chi connectivity index (χ0) is 43.1. The normalized spacial score (nSPS) is 35.5. The molecule has 5 N–H and O–H groups in total. The zero-order valence-electron chi connectivity index (χ0n) is 35.6. The lowest BCUT2D eigenvalue weighted by atomic mass is 9.86. The molecule has 0 aliphatic carbocycles. The van der Waals surface area contributed by atoms with Gasteiger partial charge in [0.25, 0.3) is 5.69 Å². The highest BCUT2D eigenvalue weighted by Gasteiger charge is 2.46. The zero-order valence-corrected chi connectivity index (χ0v) is 35.6. The van der Waals surface area contributed by atoms with Gasteiger partial charge in [0.15, 0.2) is 6.29 Å². The minimum atomic E-state index is -1.70. The van der Waals surface area contributed by atoms with Gasteiger partial charge in [-0.3, -0.25) is 14.9 Å². The van der Waals surface area contributed by atoms with Gasteiger partial charge in [-0.1, -0.05) is 45.0 Å². The van der Waals surface area contributed by atoms with Crippen molar-refractivity contribution >= 4 is 11.7 Å². The number of nitro benzene ring substituents is 1. The molecule has 17 nitrogen and oxygen atoms in total. The van der Waals surface area contributed by atoms with Gasteiger partial charge in [0, 0.05) is 49.9 Å². The standard InChI is InChI=1S/C41H68N6O11/c1-10-35-41(7,53)38(51)28(6)45(9)21-24(2)17-34(49)37(25(3)18-26(4)39(52)57-35)58-40-36(50)33(19-27(5)56-40)44(8)16-15-30-22-46(43-42-30)32(23-48)20-29-11-13-31(14-12-29)47(54)55/h11-14,22,24-28,32-38,40,48-51,53H,10,15-21,23H2,1-9H3/t24-,25+,26-,27-,28-,32+,33+,34-,35-,36?,37-,38-,40+,41-/m1/s1. The Labute approximate surface area is 342 Å². The Hall–Kier alpha value is -3.13. The summed E-state index contributed by atoms with van der Waals surface area (Å²) in [7, 11) is 3.75. The van der Waals surface area contributed by atoms with Crippen molar-refractivity contribution in [3.05, 3.63) is 51.8 Å². The van der Waals surface area contributed by atoms with Crippen LogP contribution in [0.1, 0.15) is 91.4 Å². The van der Waals surface area contributed by atoms with E-state index < -0.39 is 71.3 Å². The van der Waals surface area contributed by atoms with Crippen LogP contribution >= 0.6 is 0 Å². The van der Waals surface area contributed by atoms with Crippen LogP contribution in [0.2, 0.25) is 0 Å². The number of aliphatic hydroxyl groups is 5. The number of aromatic nitrogens is 3. The number of carbonyl (C=O) groups is 1. The molecule has 0 bridgehead atoms. The van der Waals surface area contributed by atoms with Crippen molar-refractivity contribution < 1.29 is 49.5 Å². The van der Waals surface area contributed by atoms with E-state index in [0.29, 0.717) is 57.3 Å². The third kappa shape index (κ3) is 12.0. The van der Waals surface area contributed by atoms with Gasteiger partial charge in [0.05, 0.1) is 47.5 Å². The maximum absolute atomic E-state index is 13.4. The Bertz CT molecular complexity index is 1600. The number of hydrogen-bond acceptors (Lipinski definition) is 15. The fraction of sp³-hybridized carbons (Fsp3) is 0.780. The fourth-order valence-electron chi connectivity index (χ4n) is 8.53. The Balaban J connectivity index is 1.45. The summed E-state index contributed by atoms with van der Waals surface area (Å²) in [6.07, 6.45) is -2.24. The molecule has 2 saturated heterocycles. The second kappa shape index (κ2) is 20.9. The molecule has 3 heterocycles. The Morgan fingerprint density at radius 3 is 2.40 bits per heavy atom. The lowest BCUT2D eigenvalue weighted by molar-refractivity contribution is -0.384. The molecule has 0 radical (unpaired) electrons. The van der Waals surface area contributed by atoms with Crippen molar-refractivity contribution in [1.82, 2.24) is 24.8 Å². The van der Waals surface area contributed by atoms with E-state index >= 15 is 0 Å². The molecular weight excluding hydrogens is 752 g/mol. The van der Waals surface area contributed by atoms with Crippen molar-refractivity contribution in [1.29, 1.82) is 0 Å². The smallest absolute Gasteiger partial charge is 0.309 e. The number of nitro groups is 1. The first-order chi connectivity index (χ1) is 27.3. The summed E-state index contributed by atoms with van der Waals surface area (Å²) in [6.45, 7) is 13.5. The molecule has 2 aromatic rings. The third-order valence-corrected chi connectivity index (χ3v) is 12.3. The van der Waals surface area contributed by atoms with Gasteiger partial charge < -0.3 is 49.5 Å². The van der Waals surface area contributed by atoms with Gasteiger partial charge in [-0.15, -0.1) is 5.10 Å². The molecule has 0 spiro atoms. The van der Waals surface area contributed by atoms with E-state index in [0.717, 1.165) is 5.56 Å². The number of benzene rings is 1. The van der Waals surface area contributed by atoms with Gasteiger partial charge in [-0.25, -0.2) is 4.68 Å². The lowest BCUT2D eigenvalue weighted by Crippen LogP contribution is -2.58. The highest BCUT2D eigenvalue weighted by Crippen LogP contribution is 2.33. The maximum atomic E-state index is 13.4. The molecule has 2 aliphatic heterocycles. The van der Waals surface area contributed by atoms with E-state index in [1.165, 1.54) is 19.1 Å². The molecule has 0 amide bonds. The number of likely N-dealkylation sites (N-methyl/N-ethyl adjacent to an activating group) is 2. The number of carbonyl (C=O) groups excluding carboxylic acids is 1. The quantitative estimate of drug-likeness (QED) is 0.118. The molecule has 17 heteroatoms. The van der Waals surface area contributed by atoms with Crippen LogP contribution in [0.3, 0.4) is 0 Å². The molecule has 4 rings (SSSR count). The lowest BCUT2D eigenvalue weighted by Gasteiger charge is -2.44. The van der Waals surface area contributed by atoms with Gasteiger partial charge in [0.2, 0.25) is 0 Å². The van der Waals surface area contributed by atoms with Crippen LogP contribution in [-0.4, -0.2) is 156 Å². The molecule has 14 atom stereocenters. The van der Waals surface area contributed by atoms with Gasteiger partial charge in [0.1, 0.15) is 23.9 Å². The minimum absolute atomic E-state index is 0.00597. The molecule has 58 heavy (non-hydrogen) atoms. The topological polar surface area (TPSA) is 226 Å². The average Bonchev–Trinajstić information content (AvgIpc) is 3.65. The predicted molar refractivity (Wildman–Crippen MR) is 215 cm³/mol. The molecule has 1 aromatic carbocycles. The summed E-state index contributed by atoms with van der Waals surface area (Å²) in [5, 5.41) is 76.0. The van der Waals surface area contributed by atoms with Crippen molar-refractivity contribution in [3.63, 3.8) is 0 Å². The highest BCUT2D eigenvalue weighted by atomic mass is 16.7. The summed E-state index contributed by atoms with van der Waals surface area (Å²) in [5.74, 6) is -1.57. The van der Waals surface area contributed by atoms with E-state index in [-0.39, 0.29) is 36.3 Å². The SMILES string of the molecule is CC[C@H]1OC(=O)[C@H](C)C[C@H](C)[C@@H](O[C@@H]2O[C@H](C)C[C@H](N(C)CCc3cn([C@H](CO)Cc4ccc([N+](=O)[O-])cc4)nn3)C2O)[C@H](O)C[C@@H](C)CN(C)[C@H](C)[C@@H](O)[C@]1(C)O. The predicted octanol–water partition coefficient (Wildman–Crippen LogP) is 2.50. The summed E-state index contributed by atoms with van der Waals surface area (Å²) in [6, 6.07) is 4.92. The van der Waals surface area contributed by atoms with Crippen LogP contribution in [0.15, 0.2) is 30.5 Å². The molecule has 1 unspecified atom stereocenters. The average molecular weight is 821 g/mol. The number of cyclic esters (lactones) is 1. The van der Waals surface area contributed by atoms with E-state index in [1.807, 2.05) is 51.6 Å². The van der Waals surface area contributed by atoms with E-state index in [4.69, 9.17) is 14.2 Å². The molecule has 2 fully saturated rings.